The molecule has 2 N–H and O–H groups in total. The summed E-state index contributed by atoms with van der Waals surface area (Å²) >= 11 is 0. The molecule has 102 valence electrons. The predicted molar refractivity (Wildman–Crippen MR) is 74.3 cm³/mol. The summed E-state index contributed by atoms with van der Waals surface area (Å²) in [5.41, 5.74) is 6.89. The summed E-state index contributed by atoms with van der Waals surface area (Å²) in [6.07, 6.45) is 5.81. The van der Waals surface area contributed by atoms with E-state index >= 15 is 0 Å². The van der Waals surface area contributed by atoms with Gasteiger partial charge in [-0.1, -0.05) is 6.92 Å². The van der Waals surface area contributed by atoms with Gasteiger partial charge >= 0.3 is 0 Å². The lowest BCUT2D eigenvalue weighted by Crippen LogP contribution is -2.38. The molecule has 1 atom stereocenters. The van der Waals surface area contributed by atoms with Crippen LogP contribution in [0.4, 0.5) is 0 Å². The number of hydrogen-bond donors (Lipinski definition) is 1. The monoisotopic (exact) mass is 251 g/mol. The van der Waals surface area contributed by atoms with Crippen LogP contribution in [0.1, 0.15) is 25.3 Å². The lowest BCUT2D eigenvalue weighted by molar-refractivity contribution is 0.0826. The van der Waals surface area contributed by atoms with Gasteiger partial charge in [0.2, 0.25) is 0 Å². The van der Waals surface area contributed by atoms with E-state index in [1.807, 2.05) is 12.4 Å². The standard InChI is InChI=1S/C14H25N3O/c1-3-17(11-13-6-9-16-10-7-13)14(12-18-2)5-4-8-15/h6-7,9-10,14H,3-5,8,11-12,15H2,1-2H3. The third kappa shape index (κ3) is 5.12. The highest BCUT2D eigenvalue weighted by atomic mass is 16.5. The van der Waals surface area contributed by atoms with Crippen molar-refractivity contribution in [1.29, 1.82) is 0 Å². The van der Waals surface area contributed by atoms with Crippen LogP contribution in [0, 0.1) is 0 Å². The highest BCUT2D eigenvalue weighted by Crippen LogP contribution is 2.12. The quantitative estimate of drug-likeness (QED) is 0.725. The van der Waals surface area contributed by atoms with Gasteiger partial charge in [0.25, 0.3) is 0 Å². The van der Waals surface area contributed by atoms with Crippen LogP contribution in [0.25, 0.3) is 0 Å². The second kappa shape index (κ2) is 9.03. The molecule has 0 aliphatic carbocycles. The number of likely N-dealkylation sites (N-methyl/N-ethyl adjacent to an activating group) is 1. The summed E-state index contributed by atoms with van der Waals surface area (Å²) in [5, 5.41) is 0. The molecule has 0 aromatic carbocycles. The SMILES string of the molecule is CCN(Cc1ccncc1)C(CCCN)COC. The average molecular weight is 251 g/mol. The van der Waals surface area contributed by atoms with Crippen molar-refractivity contribution in [3.05, 3.63) is 30.1 Å². The van der Waals surface area contributed by atoms with Gasteiger partial charge in [0.15, 0.2) is 0 Å². The first-order chi connectivity index (χ1) is 8.81. The Morgan fingerprint density at radius 2 is 2.11 bits per heavy atom. The van der Waals surface area contributed by atoms with E-state index in [1.54, 1.807) is 7.11 Å². The number of aromatic nitrogens is 1. The maximum atomic E-state index is 5.60. The number of rotatable bonds is 9. The number of ether oxygens (including phenoxy) is 1. The molecule has 1 rings (SSSR count). The first-order valence-corrected chi connectivity index (χ1v) is 6.63. The number of methoxy groups -OCH3 is 1. The van der Waals surface area contributed by atoms with Crippen molar-refractivity contribution in [1.82, 2.24) is 9.88 Å². The molecule has 0 saturated heterocycles. The Kier molecular flexibility index (Phi) is 7.57. The molecule has 0 bridgehead atoms. The van der Waals surface area contributed by atoms with E-state index < -0.39 is 0 Å². The number of nitrogens with two attached hydrogens (primary N) is 1. The van der Waals surface area contributed by atoms with Crippen LogP contribution in [0.2, 0.25) is 0 Å². The van der Waals surface area contributed by atoms with Gasteiger partial charge in [-0.05, 0) is 43.6 Å². The molecule has 1 heterocycles. The molecule has 1 unspecified atom stereocenters. The first-order valence-electron chi connectivity index (χ1n) is 6.63. The number of pyridine rings is 1. The minimum Gasteiger partial charge on any atom is -0.383 e. The van der Waals surface area contributed by atoms with Gasteiger partial charge < -0.3 is 10.5 Å². The summed E-state index contributed by atoms with van der Waals surface area (Å²) in [6, 6.07) is 4.57. The average Bonchev–Trinajstić information content (AvgIpc) is 2.42. The van der Waals surface area contributed by atoms with Crippen LogP contribution in [0.3, 0.4) is 0 Å². The molecule has 4 heteroatoms. The number of hydrogen-bond acceptors (Lipinski definition) is 4. The number of nitrogens with zero attached hydrogens (tertiary/aromatic N) is 2. The van der Waals surface area contributed by atoms with Crippen molar-refractivity contribution in [2.75, 3.05) is 26.8 Å². The highest BCUT2D eigenvalue weighted by Gasteiger charge is 2.16. The third-order valence-corrected chi connectivity index (χ3v) is 3.16. The van der Waals surface area contributed by atoms with E-state index in [9.17, 15) is 0 Å². The molecule has 0 saturated carbocycles. The van der Waals surface area contributed by atoms with Crippen molar-refractivity contribution in [3.63, 3.8) is 0 Å². The fraction of sp³-hybridized carbons (Fsp3) is 0.643. The molecular weight excluding hydrogens is 226 g/mol. The maximum Gasteiger partial charge on any atom is 0.0618 e. The molecule has 0 fully saturated rings. The van der Waals surface area contributed by atoms with Gasteiger partial charge in [-0.25, -0.2) is 0 Å². The van der Waals surface area contributed by atoms with E-state index in [0.717, 1.165) is 39.1 Å². The fourth-order valence-corrected chi connectivity index (χ4v) is 2.14. The Morgan fingerprint density at radius 1 is 1.39 bits per heavy atom. The summed E-state index contributed by atoms with van der Waals surface area (Å²) < 4.78 is 5.33. The highest BCUT2D eigenvalue weighted by molar-refractivity contribution is 5.09. The second-order valence-electron chi connectivity index (χ2n) is 4.46. The van der Waals surface area contributed by atoms with Crippen molar-refractivity contribution in [2.24, 2.45) is 5.73 Å². The van der Waals surface area contributed by atoms with Gasteiger partial charge in [-0.3, -0.25) is 9.88 Å². The molecule has 18 heavy (non-hydrogen) atoms. The molecule has 0 aliphatic heterocycles. The fourth-order valence-electron chi connectivity index (χ4n) is 2.14. The summed E-state index contributed by atoms with van der Waals surface area (Å²) in [4.78, 5) is 6.49. The zero-order valence-electron chi connectivity index (χ0n) is 11.5. The van der Waals surface area contributed by atoms with Gasteiger partial charge in [-0.15, -0.1) is 0 Å². The Bertz CT molecular complexity index is 305. The van der Waals surface area contributed by atoms with E-state index in [0.29, 0.717) is 6.04 Å². The van der Waals surface area contributed by atoms with Crippen molar-refractivity contribution < 1.29 is 4.74 Å². The Hall–Kier alpha value is -0.970. The molecule has 0 radical (unpaired) electrons. The normalized spacial score (nSPS) is 12.9. The summed E-state index contributed by atoms with van der Waals surface area (Å²) in [7, 11) is 1.76. The molecular formula is C14H25N3O. The molecule has 0 amide bonds. The van der Waals surface area contributed by atoms with Crippen molar-refractivity contribution in [3.8, 4) is 0 Å². The minimum atomic E-state index is 0.441. The van der Waals surface area contributed by atoms with Gasteiger partial charge in [0.05, 0.1) is 6.61 Å². The van der Waals surface area contributed by atoms with E-state index in [-0.39, 0.29) is 0 Å². The Morgan fingerprint density at radius 3 is 2.67 bits per heavy atom. The maximum absolute atomic E-state index is 5.60. The van der Waals surface area contributed by atoms with E-state index in [1.165, 1.54) is 5.56 Å². The molecule has 1 aromatic heterocycles. The topological polar surface area (TPSA) is 51.4 Å². The summed E-state index contributed by atoms with van der Waals surface area (Å²) in [5.74, 6) is 0. The van der Waals surface area contributed by atoms with Crippen LogP contribution in [0.15, 0.2) is 24.5 Å². The van der Waals surface area contributed by atoms with Gasteiger partial charge in [-0.2, -0.15) is 0 Å². The first kappa shape index (κ1) is 15.1. The van der Waals surface area contributed by atoms with Crippen LogP contribution < -0.4 is 5.73 Å². The third-order valence-electron chi connectivity index (χ3n) is 3.16. The Balaban J connectivity index is 2.60. The molecule has 1 aromatic rings. The minimum absolute atomic E-state index is 0.441. The zero-order valence-corrected chi connectivity index (χ0v) is 11.5. The van der Waals surface area contributed by atoms with E-state index in [2.05, 4.69) is 28.9 Å². The lowest BCUT2D eigenvalue weighted by atomic mass is 10.1. The Labute approximate surface area is 110 Å². The van der Waals surface area contributed by atoms with Crippen LogP contribution in [-0.4, -0.2) is 42.7 Å². The van der Waals surface area contributed by atoms with Crippen LogP contribution in [-0.2, 0) is 11.3 Å². The second-order valence-corrected chi connectivity index (χ2v) is 4.46. The zero-order chi connectivity index (χ0) is 13.2. The molecule has 4 nitrogen and oxygen atoms in total. The molecule has 0 spiro atoms. The van der Waals surface area contributed by atoms with Crippen molar-refractivity contribution in [2.45, 2.75) is 32.4 Å². The van der Waals surface area contributed by atoms with Gasteiger partial charge in [0.1, 0.15) is 0 Å². The van der Waals surface area contributed by atoms with Crippen LogP contribution >= 0.6 is 0 Å². The van der Waals surface area contributed by atoms with Crippen molar-refractivity contribution >= 4 is 0 Å². The summed E-state index contributed by atoms with van der Waals surface area (Å²) in [6.45, 7) is 5.65. The smallest absolute Gasteiger partial charge is 0.0618 e. The molecule has 0 aliphatic rings. The van der Waals surface area contributed by atoms with Crippen LogP contribution in [0.5, 0.6) is 0 Å². The largest absolute Gasteiger partial charge is 0.383 e. The van der Waals surface area contributed by atoms with Gasteiger partial charge in [0, 0.05) is 32.1 Å². The lowest BCUT2D eigenvalue weighted by Gasteiger charge is -2.30. The van der Waals surface area contributed by atoms with E-state index in [4.69, 9.17) is 10.5 Å². The predicted octanol–water partition coefficient (Wildman–Crippen LogP) is 1.66.